The number of rotatable bonds is 22. The molecule has 24 nitrogen and oxygen atoms in total. The first-order valence-corrected chi connectivity index (χ1v) is 59.3. The highest BCUT2D eigenvalue weighted by Crippen LogP contribution is 2.56. The van der Waals surface area contributed by atoms with Crippen molar-refractivity contribution in [2.75, 3.05) is 148 Å². The lowest BCUT2D eigenvalue weighted by Gasteiger charge is -2.37. The Balaban J connectivity index is 0.000000143. The van der Waals surface area contributed by atoms with Crippen molar-refractivity contribution in [2.45, 2.75) is 424 Å². The molecule has 19 aliphatic rings. The van der Waals surface area contributed by atoms with E-state index in [0.717, 1.165) is 246 Å². The summed E-state index contributed by atoms with van der Waals surface area (Å²) in [5, 5.41) is 25.6. The second kappa shape index (κ2) is 57.8. The molecule has 24 unspecified atom stereocenters. The lowest BCUT2D eigenvalue weighted by atomic mass is 9.84. The zero-order valence-electron chi connectivity index (χ0n) is 92.0. The number of amides is 8. The van der Waals surface area contributed by atoms with Crippen molar-refractivity contribution in [1.82, 2.24) is 81.7 Å². The number of carbonyl (C=O) groups is 8. The fourth-order valence-electron chi connectivity index (χ4n) is 28.6. The zero-order valence-corrected chi connectivity index (χ0v) is 92.0. The van der Waals surface area contributed by atoms with E-state index in [-0.39, 0.29) is 48.3 Å². The molecule has 0 aromatic heterocycles. The minimum absolute atomic E-state index is 0.0447. The van der Waals surface area contributed by atoms with Gasteiger partial charge in [-0.05, 0) is 399 Å². The maximum Gasteiger partial charge on any atom is 0.239 e. The molecule has 8 heterocycles. The number of hydrogen-bond acceptors (Lipinski definition) is 16. The van der Waals surface area contributed by atoms with E-state index >= 15 is 0 Å². The summed E-state index contributed by atoms with van der Waals surface area (Å²) >= 11 is 0. The summed E-state index contributed by atoms with van der Waals surface area (Å²) in [4.78, 5) is 117. The molecule has 8 saturated heterocycles. The second-order valence-corrected chi connectivity index (χ2v) is 50.2. The number of nitrogens with one attached hydrogen (secondary N) is 8. The van der Waals surface area contributed by atoms with E-state index in [4.69, 9.17) is 0 Å². The van der Waals surface area contributed by atoms with Crippen LogP contribution in [0.15, 0.2) is 0 Å². The molecule has 4 bridgehead atoms. The van der Waals surface area contributed by atoms with Crippen LogP contribution in [0.2, 0.25) is 0 Å². The molecule has 24 atom stereocenters. The molecule has 24 heteroatoms. The summed E-state index contributed by atoms with van der Waals surface area (Å²) in [6, 6.07) is 1.53. The van der Waals surface area contributed by atoms with Crippen LogP contribution in [0.5, 0.6) is 0 Å². The third-order valence-electron chi connectivity index (χ3n) is 38.6. The first-order valence-electron chi connectivity index (χ1n) is 59.3. The van der Waals surface area contributed by atoms with Gasteiger partial charge in [-0.15, -0.1) is 0 Å². The van der Waals surface area contributed by atoms with Crippen molar-refractivity contribution in [2.24, 2.45) is 118 Å². The van der Waals surface area contributed by atoms with Crippen molar-refractivity contribution in [1.29, 1.82) is 0 Å². The van der Waals surface area contributed by atoms with Crippen LogP contribution in [0.1, 0.15) is 364 Å². The van der Waals surface area contributed by atoms with Crippen LogP contribution in [0.4, 0.5) is 0 Å². The first kappa shape index (κ1) is 114. The van der Waals surface area contributed by atoms with Gasteiger partial charge < -0.3 is 81.7 Å². The van der Waals surface area contributed by atoms with Gasteiger partial charge in [-0.3, -0.25) is 38.4 Å². The van der Waals surface area contributed by atoms with E-state index in [2.05, 4.69) is 137 Å². The molecule has 19 rings (SSSR count). The van der Waals surface area contributed by atoms with Crippen molar-refractivity contribution < 1.29 is 38.4 Å². The Hall–Kier alpha value is -4.56. The van der Waals surface area contributed by atoms with Gasteiger partial charge in [-0.2, -0.15) is 0 Å². The largest absolute Gasteiger partial charge is 0.341 e. The predicted octanol–water partition coefficient (Wildman–Crippen LogP) is 16.4. The van der Waals surface area contributed by atoms with E-state index < -0.39 is 0 Å². The highest BCUT2D eigenvalue weighted by atomic mass is 16.2. The molecule has 8 aliphatic heterocycles. The lowest BCUT2D eigenvalue weighted by molar-refractivity contribution is -0.137. The van der Waals surface area contributed by atoms with Gasteiger partial charge in [0, 0.05) is 104 Å². The van der Waals surface area contributed by atoms with E-state index in [0.29, 0.717) is 107 Å². The fourth-order valence-corrected chi connectivity index (χ4v) is 28.6. The molecule has 8 N–H and O–H groups in total. The minimum atomic E-state index is 0.0447. The summed E-state index contributed by atoms with van der Waals surface area (Å²) in [5.74, 6) is 18.3. The van der Waals surface area contributed by atoms with E-state index in [9.17, 15) is 38.4 Å². The van der Waals surface area contributed by atoms with E-state index in [1.54, 1.807) is 0 Å². The Morgan fingerprint density at radius 1 is 0.207 bits per heavy atom. The number of likely N-dealkylation sites (N-methyl/N-ethyl adjacent to an activating group) is 8. The quantitative estimate of drug-likeness (QED) is 0.0469. The fraction of sp³-hybridized carbons (Fsp3) is 0.931. The third-order valence-corrected chi connectivity index (χ3v) is 38.6. The molecule has 19 fully saturated rings. The van der Waals surface area contributed by atoms with Crippen molar-refractivity contribution in [3.63, 3.8) is 0 Å². The summed E-state index contributed by atoms with van der Waals surface area (Å²) < 4.78 is 0. The first-order chi connectivity index (χ1) is 67.6. The van der Waals surface area contributed by atoms with Gasteiger partial charge in [0.2, 0.25) is 47.3 Å². The molecule has 0 radical (unpaired) electrons. The van der Waals surface area contributed by atoms with Crippen LogP contribution in [0.3, 0.4) is 0 Å². The molecule has 11 saturated carbocycles. The Kier molecular flexibility index (Phi) is 47.2. The van der Waals surface area contributed by atoms with E-state index in [1.165, 1.54) is 225 Å². The van der Waals surface area contributed by atoms with Crippen LogP contribution < -0.4 is 42.5 Å². The molecule has 0 aromatic rings. The number of hydrogen-bond donors (Lipinski definition) is 8. The van der Waals surface area contributed by atoms with Gasteiger partial charge >= 0.3 is 0 Å². The lowest BCUT2D eigenvalue weighted by Crippen LogP contribution is -2.50. The van der Waals surface area contributed by atoms with Crippen LogP contribution in [-0.2, 0) is 38.4 Å². The van der Waals surface area contributed by atoms with Crippen LogP contribution >= 0.6 is 0 Å². The average Bonchev–Trinajstić information content (AvgIpc) is 1.62. The van der Waals surface area contributed by atoms with Crippen LogP contribution in [-0.4, -0.2) is 295 Å². The van der Waals surface area contributed by atoms with Gasteiger partial charge in [0.05, 0.1) is 48.3 Å². The van der Waals surface area contributed by atoms with Crippen molar-refractivity contribution in [3.05, 3.63) is 0 Å². The minimum Gasteiger partial charge on any atom is -0.341 e. The van der Waals surface area contributed by atoms with Crippen LogP contribution in [0.25, 0.3) is 0 Å². The topological polar surface area (TPSA) is 259 Å². The smallest absolute Gasteiger partial charge is 0.239 e. The third kappa shape index (κ3) is 34.2. The Morgan fingerprint density at radius 2 is 0.457 bits per heavy atom. The Bertz CT molecular complexity index is 3690. The molecular weight excluding hydrogens is 1750 g/mol. The number of fused-ring (bicyclic) bond motifs is 5. The standard InChI is InChI=1S/C16H28N2O.C16H30N2O.2C15H26N2O.C15H28N2O.C14H26N2O.C13H24N2O.C12H22N2O/c1-11-5-6-18(16(19)15(7-11)17-2)14-9-12-3-4-13(8-12)10-14;1-13-9-10-18(16(19)15(11-13)17-2)12-14-7-5-3-4-6-8-14;1-10-5-6-17(15(18)14(7-10)16-2)9-12-4-3-11-8-13(11)12;1-10-5-6-17(15(18)13(7-10)16-2)14-9-11-3-4-12(14)8-11;1-12-8-9-17(15(18)14(10-12)16-2)11-13-6-4-3-5-7-13;1-11-7-8-16(10-12-5-3-4-6-12)14(17)13(9-11)15-2;1-10-6-7-15(9-11-4-3-5-11)13(16)12(8-10)14-2;1-9-5-6-14(8-10-3-4-10)12(15)11(7-9)13-2/h11-15,17H,3-10H2,1-2H3;13-15,17H,3-12H2,1-2H3;2*10-14,16H,3-9H2,1-2H3;12-14,16H,3-11H2,1-2H3;11-13,15H,3-10H2,1-2H3;10-12,14H,3-9H2,1-2H3;9-11,13H,3-8H2,1-2H3. The second-order valence-electron chi connectivity index (χ2n) is 50.2. The van der Waals surface area contributed by atoms with Crippen molar-refractivity contribution >= 4 is 47.3 Å². The van der Waals surface area contributed by atoms with Gasteiger partial charge in [-0.25, -0.2) is 0 Å². The van der Waals surface area contributed by atoms with Gasteiger partial charge in [0.25, 0.3) is 0 Å². The summed E-state index contributed by atoms with van der Waals surface area (Å²) in [6.07, 6.45) is 60.7. The molecule has 8 amide bonds. The Morgan fingerprint density at radius 3 is 0.721 bits per heavy atom. The normalized spacial score (nSPS) is 36.6. The highest BCUT2D eigenvalue weighted by Gasteiger charge is 2.50. The highest BCUT2D eigenvalue weighted by molar-refractivity contribution is 5.86. The summed E-state index contributed by atoms with van der Waals surface area (Å²) in [7, 11) is 15.3. The van der Waals surface area contributed by atoms with Gasteiger partial charge in [-0.1, -0.05) is 139 Å². The number of carbonyl (C=O) groups excluding carboxylic acids is 8. The van der Waals surface area contributed by atoms with Gasteiger partial charge in [0.15, 0.2) is 0 Å². The molecule has 0 spiro atoms. The number of nitrogens with zero attached hydrogens (tertiary/aromatic N) is 8. The number of likely N-dealkylation sites (tertiary alicyclic amines) is 8. The maximum absolute atomic E-state index is 12.7. The summed E-state index contributed by atoms with van der Waals surface area (Å²) in [6.45, 7) is 32.0. The molecular formula is C116H210N16O8. The molecule has 11 aliphatic carbocycles. The zero-order chi connectivity index (χ0) is 100. The average molecular weight is 1960 g/mol. The van der Waals surface area contributed by atoms with Gasteiger partial charge in [0.1, 0.15) is 0 Å². The SMILES string of the molecule is CNC1CC(C)CCN(C2CC3CCC(C3)C2)C1=O.CNC1CC(C)CCN(C2CC3CCC2C3)C1=O.CNC1CC(C)CCN(CC2CC2)C1=O.CNC1CC(C)CCN(CC2CCC2)C1=O.CNC1CC(C)CCN(CC2CCC3CC32)C1=O.CNC1CC(C)CCN(CC2CCCC2)C1=O.CNC1CC(C)CCN(CC2CCCCC2)C1=O.CNC1CC(C)CCN(CC2CCCCCC2)C1=O. The van der Waals surface area contributed by atoms with Crippen molar-refractivity contribution in [3.8, 4) is 0 Å². The van der Waals surface area contributed by atoms with E-state index in [1.807, 2.05) is 56.4 Å². The predicted molar refractivity (Wildman–Crippen MR) is 570 cm³/mol. The summed E-state index contributed by atoms with van der Waals surface area (Å²) in [5.41, 5.74) is 0. The maximum atomic E-state index is 12.7. The molecule has 140 heavy (non-hydrogen) atoms. The Labute approximate surface area is 852 Å². The van der Waals surface area contributed by atoms with Crippen LogP contribution in [0, 0.1) is 118 Å². The monoisotopic (exact) mass is 1960 g/mol. The molecule has 802 valence electrons. The molecule has 0 aromatic carbocycles.